The summed E-state index contributed by atoms with van der Waals surface area (Å²) in [6.07, 6.45) is 0. The van der Waals surface area contributed by atoms with Crippen LogP contribution in [0, 0.1) is 0 Å². The number of methoxy groups -OCH3 is 1. The fraction of sp³-hybridized carbons (Fsp3) is 0.208. The molecular weight excluding hydrogens is 417 g/mol. The van der Waals surface area contributed by atoms with Crippen LogP contribution in [-0.4, -0.2) is 22.1 Å². The second kappa shape index (κ2) is 7.86. The van der Waals surface area contributed by atoms with Crippen molar-refractivity contribution in [2.24, 2.45) is 0 Å². The van der Waals surface area contributed by atoms with Crippen LogP contribution < -0.4 is 4.74 Å². The van der Waals surface area contributed by atoms with Crippen molar-refractivity contribution in [1.29, 1.82) is 0 Å². The first-order valence-corrected chi connectivity index (χ1v) is 10.3. The molecule has 0 aliphatic carbocycles. The summed E-state index contributed by atoms with van der Waals surface area (Å²) in [6.45, 7) is 6.18. The van der Waals surface area contributed by atoms with E-state index in [1.165, 1.54) is 0 Å². The van der Waals surface area contributed by atoms with E-state index < -0.39 is 0 Å². The molecule has 0 unspecified atom stereocenters. The van der Waals surface area contributed by atoms with Crippen LogP contribution in [0.3, 0.4) is 0 Å². The van der Waals surface area contributed by atoms with Gasteiger partial charge >= 0.3 is 0 Å². The molecule has 2 heterocycles. The molecule has 0 fully saturated rings. The van der Waals surface area contributed by atoms with Crippen LogP contribution in [0.4, 0.5) is 0 Å². The number of nitrogens with zero attached hydrogens (tertiary/aromatic N) is 3. The quantitative estimate of drug-likeness (QED) is 0.347. The molecule has 0 radical (unpaired) electrons. The molecule has 0 saturated carbocycles. The molecule has 4 aromatic rings. The summed E-state index contributed by atoms with van der Waals surface area (Å²) in [6, 6.07) is 17.3. The van der Waals surface area contributed by atoms with Gasteiger partial charge in [0, 0.05) is 26.6 Å². The van der Waals surface area contributed by atoms with Gasteiger partial charge in [-0.3, -0.25) is 0 Å². The first-order chi connectivity index (χ1) is 14.3. The van der Waals surface area contributed by atoms with E-state index in [1.807, 2.05) is 54.6 Å². The third kappa shape index (κ3) is 3.85. The number of hydrogen-bond donors (Lipinski definition) is 0. The molecule has 4 nitrogen and oxygen atoms in total. The van der Waals surface area contributed by atoms with Crippen LogP contribution in [0.25, 0.3) is 33.4 Å². The summed E-state index contributed by atoms with van der Waals surface area (Å²) in [5.41, 5.74) is 3.77. The van der Waals surface area contributed by atoms with Crippen molar-refractivity contribution in [3.8, 4) is 28.3 Å². The highest BCUT2D eigenvalue weighted by atomic mass is 35.5. The maximum Gasteiger partial charge on any atom is 0.226 e. The lowest BCUT2D eigenvalue weighted by Gasteiger charge is -2.19. The van der Waals surface area contributed by atoms with Gasteiger partial charge < -0.3 is 4.74 Å². The number of fused-ring (bicyclic) bond motifs is 1. The van der Waals surface area contributed by atoms with Crippen molar-refractivity contribution < 1.29 is 4.74 Å². The van der Waals surface area contributed by atoms with Crippen molar-refractivity contribution in [3.63, 3.8) is 0 Å². The van der Waals surface area contributed by atoms with E-state index in [0.717, 1.165) is 27.8 Å². The fourth-order valence-corrected chi connectivity index (χ4v) is 3.58. The number of benzene rings is 2. The van der Waals surface area contributed by atoms with Crippen LogP contribution in [0.1, 0.15) is 26.6 Å². The Morgan fingerprint density at radius 3 is 2.17 bits per heavy atom. The van der Waals surface area contributed by atoms with Crippen LogP contribution in [0.15, 0.2) is 54.6 Å². The Morgan fingerprint density at radius 2 is 1.53 bits per heavy atom. The molecule has 0 N–H and O–H groups in total. The standard InChI is InChI=1S/C24H21Cl2N3O/c1-24(2,3)23-28-21-18(22(29-23)30-4)13-17(14-9-11-15(25)12-10-14)20(27-21)16-7-5-6-8-19(16)26/h5-13H,1-4H3. The van der Waals surface area contributed by atoms with E-state index in [-0.39, 0.29) is 5.41 Å². The molecule has 0 spiro atoms. The zero-order chi connectivity index (χ0) is 21.5. The summed E-state index contributed by atoms with van der Waals surface area (Å²) >= 11 is 12.6. The van der Waals surface area contributed by atoms with Crippen molar-refractivity contribution >= 4 is 34.2 Å². The van der Waals surface area contributed by atoms with Gasteiger partial charge in [-0.25, -0.2) is 9.97 Å². The third-order valence-electron chi connectivity index (χ3n) is 4.80. The van der Waals surface area contributed by atoms with Crippen molar-refractivity contribution in [1.82, 2.24) is 15.0 Å². The van der Waals surface area contributed by atoms with Crippen LogP contribution in [0.5, 0.6) is 5.88 Å². The van der Waals surface area contributed by atoms with Gasteiger partial charge in [-0.05, 0) is 29.8 Å². The predicted octanol–water partition coefficient (Wildman–Crippen LogP) is 6.97. The number of halogens is 2. The van der Waals surface area contributed by atoms with E-state index in [1.54, 1.807) is 7.11 Å². The Hall–Kier alpha value is -2.69. The Kier molecular flexibility index (Phi) is 5.39. The van der Waals surface area contributed by atoms with E-state index in [2.05, 4.69) is 25.8 Å². The summed E-state index contributed by atoms with van der Waals surface area (Å²) in [5, 5.41) is 2.03. The van der Waals surface area contributed by atoms with Crippen molar-refractivity contribution in [2.45, 2.75) is 26.2 Å². The Balaban J connectivity index is 2.09. The van der Waals surface area contributed by atoms with Crippen molar-refractivity contribution in [2.75, 3.05) is 7.11 Å². The van der Waals surface area contributed by atoms with Gasteiger partial charge in [0.05, 0.1) is 18.2 Å². The maximum atomic E-state index is 6.54. The molecule has 2 aromatic carbocycles. The SMILES string of the molecule is COc1nc(C(C)(C)C)nc2nc(-c3ccccc3Cl)c(-c3ccc(Cl)cc3)cc12. The van der Waals surface area contributed by atoms with Crippen LogP contribution in [0.2, 0.25) is 10.0 Å². The predicted molar refractivity (Wildman–Crippen MR) is 123 cm³/mol. The number of aromatic nitrogens is 3. The number of ether oxygens (including phenoxy) is 1. The molecule has 0 aliphatic rings. The second-order valence-electron chi connectivity index (χ2n) is 8.05. The third-order valence-corrected chi connectivity index (χ3v) is 5.38. The molecule has 0 bridgehead atoms. The van der Waals surface area contributed by atoms with E-state index >= 15 is 0 Å². The van der Waals surface area contributed by atoms with E-state index in [4.69, 9.17) is 37.9 Å². The number of rotatable bonds is 3. The highest BCUT2D eigenvalue weighted by Gasteiger charge is 2.23. The van der Waals surface area contributed by atoms with Gasteiger partial charge in [0.1, 0.15) is 5.82 Å². The van der Waals surface area contributed by atoms with E-state index in [0.29, 0.717) is 27.4 Å². The molecule has 30 heavy (non-hydrogen) atoms. The lowest BCUT2D eigenvalue weighted by molar-refractivity contribution is 0.395. The van der Waals surface area contributed by atoms with Crippen LogP contribution in [-0.2, 0) is 5.41 Å². The molecule has 6 heteroatoms. The van der Waals surface area contributed by atoms with E-state index in [9.17, 15) is 0 Å². The maximum absolute atomic E-state index is 6.54. The van der Waals surface area contributed by atoms with Crippen LogP contribution >= 0.6 is 23.2 Å². The average Bonchev–Trinajstić information content (AvgIpc) is 2.72. The lowest BCUT2D eigenvalue weighted by atomic mass is 9.95. The zero-order valence-corrected chi connectivity index (χ0v) is 18.7. The minimum Gasteiger partial charge on any atom is -0.480 e. The fourth-order valence-electron chi connectivity index (χ4n) is 3.23. The normalized spacial score (nSPS) is 11.7. The van der Waals surface area contributed by atoms with Gasteiger partial charge in [0.15, 0.2) is 5.65 Å². The summed E-state index contributed by atoms with van der Waals surface area (Å²) in [4.78, 5) is 14.3. The lowest BCUT2D eigenvalue weighted by Crippen LogP contribution is -2.17. The Labute approximate surface area is 185 Å². The largest absolute Gasteiger partial charge is 0.480 e. The van der Waals surface area contributed by atoms with Gasteiger partial charge in [0.25, 0.3) is 0 Å². The van der Waals surface area contributed by atoms with Gasteiger partial charge in [-0.2, -0.15) is 4.98 Å². The highest BCUT2D eigenvalue weighted by molar-refractivity contribution is 6.33. The molecule has 0 aliphatic heterocycles. The molecular formula is C24H21Cl2N3O. The molecule has 0 atom stereocenters. The minimum atomic E-state index is -0.247. The smallest absolute Gasteiger partial charge is 0.226 e. The average molecular weight is 438 g/mol. The molecule has 152 valence electrons. The summed E-state index contributed by atoms with van der Waals surface area (Å²) in [7, 11) is 1.61. The monoisotopic (exact) mass is 437 g/mol. The first kappa shape index (κ1) is 20.6. The van der Waals surface area contributed by atoms with Gasteiger partial charge in [0.2, 0.25) is 5.88 Å². The topological polar surface area (TPSA) is 47.9 Å². The molecule has 0 amide bonds. The second-order valence-corrected chi connectivity index (χ2v) is 8.89. The summed E-state index contributed by atoms with van der Waals surface area (Å²) < 4.78 is 5.60. The van der Waals surface area contributed by atoms with Crippen molar-refractivity contribution in [3.05, 3.63) is 70.5 Å². The van der Waals surface area contributed by atoms with Gasteiger partial charge in [-0.15, -0.1) is 0 Å². The molecule has 0 saturated heterocycles. The summed E-state index contributed by atoms with van der Waals surface area (Å²) in [5.74, 6) is 1.17. The number of pyridine rings is 1. The zero-order valence-electron chi connectivity index (χ0n) is 17.2. The molecule has 2 aromatic heterocycles. The first-order valence-electron chi connectivity index (χ1n) is 9.56. The Morgan fingerprint density at radius 1 is 0.833 bits per heavy atom. The Bertz CT molecular complexity index is 1230. The minimum absolute atomic E-state index is 0.247. The number of hydrogen-bond acceptors (Lipinski definition) is 4. The van der Waals surface area contributed by atoms with Gasteiger partial charge in [-0.1, -0.05) is 74.3 Å². The highest BCUT2D eigenvalue weighted by Crippen LogP contribution is 2.38. The molecule has 4 rings (SSSR count).